The Morgan fingerprint density at radius 2 is 1.89 bits per heavy atom. The first-order valence-corrected chi connectivity index (χ1v) is 6.68. The Kier molecular flexibility index (Phi) is 4.22. The smallest absolute Gasteiger partial charge is 0.255 e. The Hall–Kier alpha value is -1.81. The Balaban J connectivity index is 2.05. The number of aromatic hydroxyl groups is 1. The second kappa shape index (κ2) is 5.89. The van der Waals surface area contributed by atoms with Crippen LogP contribution in [0.2, 0.25) is 0 Å². The quantitative estimate of drug-likeness (QED) is 0.911. The maximum atomic E-state index is 12.0. The molecule has 0 radical (unpaired) electrons. The summed E-state index contributed by atoms with van der Waals surface area (Å²) in [5.74, 6) is -0.316. The molecule has 0 saturated carbocycles. The van der Waals surface area contributed by atoms with Crippen LogP contribution in [0.4, 0.5) is 0 Å². The SMILES string of the molecule is Cc1ccc(CNC(=O)c2cc(Br)ccc2O)cc1. The molecule has 2 N–H and O–H groups in total. The summed E-state index contributed by atoms with van der Waals surface area (Å²) in [7, 11) is 0. The van der Waals surface area contributed by atoms with Gasteiger partial charge in [0.1, 0.15) is 5.75 Å². The van der Waals surface area contributed by atoms with Crippen molar-refractivity contribution in [3.8, 4) is 5.75 Å². The van der Waals surface area contributed by atoms with Crippen molar-refractivity contribution in [1.82, 2.24) is 5.32 Å². The Morgan fingerprint density at radius 3 is 2.58 bits per heavy atom. The lowest BCUT2D eigenvalue weighted by Crippen LogP contribution is -2.22. The van der Waals surface area contributed by atoms with Gasteiger partial charge in [0.25, 0.3) is 5.91 Å². The Morgan fingerprint density at radius 1 is 1.21 bits per heavy atom. The lowest BCUT2D eigenvalue weighted by Gasteiger charge is -2.07. The first-order valence-electron chi connectivity index (χ1n) is 5.88. The number of halogens is 1. The molecule has 4 heteroatoms. The van der Waals surface area contributed by atoms with Gasteiger partial charge in [-0.05, 0) is 30.7 Å². The van der Waals surface area contributed by atoms with Crippen LogP contribution in [-0.2, 0) is 6.54 Å². The minimum absolute atomic E-state index is 0.0235. The maximum absolute atomic E-state index is 12.0. The van der Waals surface area contributed by atoms with Crippen LogP contribution in [0.5, 0.6) is 5.75 Å². The average Bonchev–Trinajstić information content (AvgIpc) is 2.40. The highest BCUT2D eigenvalue weighted by Gasteiger charge is 2.11. The van der Waals surface area contributed by atoms with Crippen LogP contribution < -0.4 is 5.32 Å². The zero-order chi connectivity index (χ0) is 13.8. The van der Waals surface area contributed by atoms with E-state index in [1.165, 1.54) is 11.6 Å². The van der Waals surface area contributed by atoms with Crippen molar-refractivity contribution < 1.29 is 9.90 Å². The number of rotatable bonds is 3. The third-order valence-corrected chi connectivity index (χ3v) is 3.27. The minimum atomic E-state index is -0.292. The third-order valence-electron chi connectivity index (χ3n) is 2.78. The standard InChI is InChI=1S/C15H14BrNO2/c1-10-2-4-11(5-3-10)9-17-15(19)13-8-12(16)6-7-14(13)18/h2-8,18H,9H2,1H3,(H,17,19). The molecule has 0 atom stereocenters. The van der Waals surface area contributed by atoms with Crippen LogP contribution in [0.3, 0.4) is 0 Å². The summed E-state index contributed by atoms with van der Waals surface area (Å²) in [5, 5.41) is 12.4. The van der Waals surface area contributed by atoms with Gasteiger partial charge < -0.3 is 10.4 Å². The molecule has 1 amide bonds. The number of phenols is 1. The van der Waals surface area contributed by atoms with Crippen LogP contribution >= 0.6 is 15.9 Å². The van der Waals surface area contributed by atoms with E-state index in [4.69, 9.17) is 0 Å². The molecule has 0 aliphatic rings. The van der Waals surface area contributed by atoms with Crippen LogP contribution in [-0.4, -0.2) is 11.0 Å². The van der Waals surface area contributed by atoms with Crippen LogP contribution in [0.25, 0.3) is 0 Å². The Bertz CT molecular complexity index is 594. The molecule has 0 aliphatic carbocycles. The second-order valence-corrected chi connectivity index (χ2v) is 5.25. The summed E-state index contributed by atoms with van der Waals surface area (Å²) in [4.78, 5) is 12.0. The molecule has 0 saturated heterocycles. The van der Waals surface area contributed by atoms with Gasteiger partial charge in [0, 0.05) is 11.0 Å². The van der Waals surface area contributed by atoms with E-state index >= 15 is 0 Å². The fraction of sp³-hybridized carbons (Fsp3) is 0.133. The fourth-order valence-corrected chi connectivity index (χ4v) is 2.03. The van der Waals surface area contributed by atoms with Gasteiger partial charge in [-0.1, -0.05) is 45.8 Å². The summed E-state index contributed by atoms with van der Waals surface area (Å²) in [6, 6.07) is 12.7. The molecule has 2 rings (SSSR count). The van der Waals surface area contributed by atoms with Crippen LogP contribution in [0.15, 0.2) is 46.9 Å². The van der Waals surface area contributed by atoms with E-state index < -0.39 is 0 Å². The van der Waals surface area contributed by atoms with E-state index in [0.717, 1.165) is 10.0 Å². The molecule has 98 valence electrons. The lowest BCUT2D eigenvalue weighted by molar-refractivity contribution is 0.0948. The summed E-state index contributed by atoms with van der Waals surface area (Å²) >= 11 is 3.28. The largest absolute Gasteiger partial charge is 0.507 e. The van der Waals surface area contributed by atoms with Gasteiger partial charge in [0.05, 0.1) is 5.56 Å². The maximum Gasteiger partial charge on any atom is 0.255 e. The van der Waals surface area contributed by atoms with Gasteiger partial charge in [-0.15, -0.1) is 0 Å². The predicted molar refractivity (Wildman–Crippen MR) is 78.2 cm³/mol. The van der Waals surface area contributed by atoms with Crippen LogP contribution in [0, 0.1) is 6.92 Å². The minimum Gasteiger partial charge on any atom is -0.507 e. The number of hydrogen-bond acceptors (Lipinski definition) is 2. The van der Waals surface area contributed by atoms with Crippen LogP contribution in [0.1, 0.15) is 21.5 Å². The molecule has 2 aromatic carbocycles. The van der Waals surface area contributed by atoms with Crippen molar-refractivity contribution in [3.05, 3.63) is 63.6 Å². The molecule has 0 aromatic heterocycles. The number of phenolic OH excluding ortho intramolecular Hbond substituents is 1. The third kappa shape index (κ3) is 3.58. The highest BCUT2D eigenvalue weighted by molar-refractivity contribution is 9.10. The van der Waals surface area contributed by atoms with Gasteiger partial charge in [-0.25, -0.2) is 0 Å². The number of carbonyl (C=O) groups excluding carboxylic acids is 1. The van der Waals surface area contributed by atoms with Gasteiger partial charge >= 0.3 is 0 Å². The van der Waals surface area contributed by atoms with E-state index in [1.807, 2.05) is 31.2 Å². The van der Waals surface area contributed by atoms with E-state index in [-0.39, 0.29) is 17.2 Å². The fourth-order valence-electron chi connectivity index (χ4n) is 1.67. The summed E-state index contributed by atoms with van der Waals surface area (Å²) in [5.41, 5.74) is 2.47. The van der Waals surface area contributed by atoms with E-state index in [0.29, 0.717) is 6.54 Å². The summed E-state index contributed by atoms with van der Waals surface area (Å²) in [6.07, 6.45) is 0. The Labute approximate surface area is 120 Å². The highest BCUT2D eigenvalue weighted by atomic mass is 79.9. The number of benzene rings is 2. The highest BCUT2D eigenvalue weighted by Crippen LogP contribution is 2.21. The van der Waals surface area contributed by atoms with Gasteiger partial charge in [-0.2, -0.15) is 0 Å². The van der Waals surface area contributed by atoms with Crippen molar-refractivity contribution in [1.29, 1.82) is 0 Å². The van der Waals surface area contributed by atoms with Crippen molar-refractivity contribution in [2.45, 2.75) is 13.5 Å². The predicted octanol–water partition coefficient (Wildman–Crippen LogP) is 3.39. The monoisotopic (exact) mass is 319 g/mol. The number of amides is 1. The van der Waals surface area contributed by atoms with Crippen molar-refractivity contribution in [2.75, 3.05) is 0 Å². The molecule has 0 bridgehead atoms. The number of hydrogen-bond donors (Lipinski definition) is 2. The molecular weight excluding hydrogens is 306 g/mol. The number of carbonyl (C=O) groups is 1. The zero-order valence-electron chi connectivity index (χ0n) is 10.5. The molecule has 0 spiro atoms. The van der Waals surface area contributed by atoms with E-state index in [2.05, 4.69) is 21.2 Å². The first kappa shape index (κ1) is 13.6. The van der Waals surface area contributed by atoms with Crippen molar-refractivity contribution in [2.24, 2.45) is 0 Å². The van der Waals surface area contributed by atoms with Gasteiger partial charge in [-0.3, -0.25) is 4.79 Å². The molecular formula is C15H14BrNO2. The molecule has 2 aromatic rings. The lowest BCUT2D eigenvalue weighted by atomic mass is 10.1. The molecule has 0 heterocycles. The van der Waals surface area contributed by atoms with Crippen molar-refractivity contribution >= 4 is 21.8 Å². The topological polar surface area (TPSA) is 49.3 Å². The number of nitrogens with one attached hydrogen (secondary N) is 1. The van der Waals surface area contributed by atoms with Gasteiger partial charge in [0.15, 0.2) is 0 Å². The van der Waals surface area contributed by atoms with E-state index in [9.17, 15) is 9.90 Å². The van der Waals surface area contributed by atoms with Gasteiger partial charge in [0.2, 0.25) is 0 Å². The molecule has 0 aliphatic heterocycles. The van der Waals surface area contributed by atoms with E-state index in [1.54, 1.807) is 12.1 Å². The number of aryl methyl sites for hydroxylation is 1. The molecule has 3 nitrogen and oxygen atoms in total. The summed E-state index contributed by atoms with van der Waals surface area (Å²) in [6.45, 7) is 2.45. The van der Waals surface area contributed by atoms with Crippen molar-refractivity contribution in [3.63, 3.8) is 0 Å². The second-order valence-electron chi connectivity index (χ2n) is 4.33. The zero-order valence-corrected chi connectivity index (χ0v) is 12.1. The molecule has 19 heavy (non-hydrogen) atoms. The molecule has 0 unspecified atom stereocenters. The summed E-state index contributed by atoms with van der Waals surface area (Å²) < 4.78 is 0.755. The average molecular weight is 320 g/mol. The molecule has 0 fully saturated rings. The first-order chi connectivity index (χ1) is 9.06. The normalized spacial score (nSPS) is 10.2.